The molecule has 0 aliphatic heterocycles. The summed E-state index contributed by atoms with van der Waals surface area (Å²) in [6, 6.07) is 5.05. The van der Waals surface area contributed by atoms with Gasteiger partial charge in [-0.05, 0) is 37.1 Å². The highest BCUT2D eigenvalue weighted by Gasteiger charge is 2.11. The zero-order valence-electron chi connectivity index (χ0n) is 10.8. The van der Waals surface area contributed by atoms with Gasteiger partial charge in [0.25, 0.3) is 0 Å². The average Bonchev–Trinajstić information content (AvgIpc) is 2.40. The molecule has 0 fully saturated rings. The average molecular weight is 245 g/mol. The Hall–Kier alpha value is -1.97. The van der Waals surface area contributed by atoms with Gasteiger partial charge in [-0.2, -0.15) is 0 Å². The molecule has 94 valence electrons. The summed E-state index contributed by atoms with van der Waals surface area (Å²) in [5.41, 5.74) is 3.45. The fourth-order valence-electron chi connectivity index (χ4n) is 2.00. The van der Waals surface area contributed by atoms with Gasteiger partial charge >= 0.3 is 0 Å². The van der Waals surface area contributed by atoms with Crippen molar-refractivity contribution in [3.63, 3.8) is 0 Å². The predicted molar refractivity (Wildman–Crippen MR) is 71.1 cm³/mol. The van der Waals surface area contributed by atoms with Crippen molar-refractivity contribution < 1.29 is 4.39 Å². The first-order chi connectivity index (χ1) is 8.67. The lowest BCUT2D eigenvalue weighted by Crippen LogP contribution is -2.02. The van der Waals surface area contributed by atoms with E-state index in [-0.39, 0.29) is 5.82 Å². The van der Waals surface area contributed by atoms with Crippen molar-refractivity contribution in [3.05, 3.63) is 41.5 Å². The summed E-state index contributed by atoms with van der Waals surface area (Å²) < 4.78 is 13.3. The minimum Gasteiger partial charge on any atom is -0.373 e. The second kappa shape index (κ2) is 5.12. The van der Waals surface area contributed by atoms with E-state index in [2.05, 4.69) is 22.2 Å². The Labute approximate surface area is 106 Å². The van der Waals surface area contributed by atoms with Crippen LogP contribution in [0.5, 0.6) is 0 Å². The lowest BCUT2D eigenvalue weighted by molar-refractivity contribution is 0.618. The first kappa shape index (κ1) is 12.5. The van der Waals surface area contributed by atoms with E-state index in [9.17, 15) is 4.39 Å². The Bertz CT molecular complexity index is 567. The van der Waals surface area contributed by atoms with Crippen LogP contribution in [0.3, 0.4) is 0 Å². The molecule has 1 aromatic carbocycles. The number of benzene rings is 1. The Morgan fingerprint density at radius 2 is 2.06 bits per heavy atom. The molecule has 0 saturated heterocycles. The molecule has 0 saturated carbocycles. The van der Waals surface area contributed by atoms with Gasteiger partial charge in [-0.3, -0.25) is 0 Å². The maximum atomic E-state index is 13.3. The van der Waals surface area contributed by atoms with E-state index < -0.39 is 0 Å². The van der Waals surface area contributed by atoms with Gasteiger partial charge in [0.1, 0.15) is 18.0 Å². The highest BCUT2D eigenvalue weighted by Crippen LogP contribution is 2.27. The molecule has 2 aromatic rings. The van der Waals surface area contributed by atoms with Gasteiger partial charge in [0.05, 0.1) is 5.69 Å². The number of rotatable bonds is 3. The molecule has 18 heavy (non-hydrogen) atoms. The highest BCUT2D eigenvalue weighted by atomic mass is 19.1. The zero-order valence-corrected chi connectivity index (χ0v) is 10.8. The molecular weight excluding hydrogens is 229 g/mol. The highest BCUT2D eigenvalue weighted by molar-refractivity contribution is 5.68. The SMILES string of the molecule is CCc1c(NC)ncnc1-c1ccc(F)c(C)c1. The minimum absolute atomic E-state index is 0.195. The first-order valence-corrected chi connectivity index (χ1v) is 5.95. The summed E-state index contributed by atoms with van der Waals surface area (Å²) in [6.07, 6.45) is 2.35. The number of aromatic nitrogens is 2. The summed E-state index contributed by atoms with van der Waals surface area (Å²) in [5, 5.41) is 3.06. The lowest BCUT2D eigenvalue weighted by Gasteiger charge is -2.11. The molecule has 0 unspecified atom stereocenters. The molecule has 0 atom stereocenters. The Balaban J connectivity index is 2.59. The van der Waals surface area contributed by atoms with E-state index in [1.807, 2.05) is 13.1 Å². The molecule has 0 aliphatic carbocycles. The second-order valence-corrected chi connectivity index (χ2v) is 4.12. The van der Waals surface area contributed by atoms with Crippen molar-refractivity contribution in [3.8, 4) is 11.3 Å². The van der Waals surface area contributed by atoms with Gasteiger partial charge in [0, 0.05) is 18.2 Å². The van der Waals surface area contributed by atoms with Crippen LogP contribution < -0.4 is 5.32 Å². The number of anilines is 1. The van der Waals surface area contributed by atoms with Gasteiger partial charge in [-0.25, -0.2) is 14.4 Å². The van der Waals surface area contributed by atoms with E-state index in [0.29, 0.717) is 5.56 Å². The van der Waals surface area contributed by atoms with Crippen LogP contribution in [0.4, 0.5) is 10.2 Å². The molecule has 0 radical (unpaired) electrons. The predicted octanol–water partition coefficient (Wildman–Crippen LogP) is 3.20. The smallest absolute Gasteiger partial charge is 0.132 e. The van der Waals surface area contributed by atoms with Gasteiger partial charge in [-0.15, -0.1) is 0 Å². The van der Waals surface area contributed by atoms with E-state index >= 15 is 0 Å². The minimum atomic E-state index is -0.195. The fraction of sp³-hybridized carbons (Fsp3) is 0.286. The molecule has 0 aliphatic rings. The van der Waals surface area contributed by atoms with E-state index in [0.717, 1.165) is 29.1 Å². The van der Waals surface area contributed by atoms with Crippen molar-refractivity contribution in [1.82, 2.24) is 9.97 Å². The van der Waals surface area contributed by atoms with Gasteiger partial charge in [0.15, 0.2) is 0 Å². The summed E-state index contributed by atoms with van der Waals surface area (Å²) >= 11 is 0. The van der Waals surface area contributed by atoms with Crippen LogP contribution in [0.25, 0.3) is 11.3 Å². The molecular formula is C14H16FN3. The zero-order chi connectivity index (χ0) is 13.1. The van der Waals surface area contributed by atoms with Crippen molar-refractivity contribution in [2.45, 2.75) is 20.3 Å². The van der Waals surface area contributed by atoms with E-state index in [1.54, 1.807) is 13.0 Å². The maximum Gasteiger partial charge on any atom is 0.132 e. The van der Waals surface area contributed by atoms with Crippen molar-refractivity contribution in [1.29, 1.82) is 0 Å². The Morgan fingerprint density at radius 1 is 1.28 bits per heavy atom. The largest absolute Gasteiger partial charge is 0.373 e. The van der Waals surface area contributed by atoms with E-state index in [4.69, 9.17) is 0 Å². The summed E-state index contributed by atoms with van der Waals surface area (Å²) in [5.74, 6) is 0.629. The molecule has 0 bridgehead atoms. The molecule has 1 N–H and O–H groups in total. The Kier molecular flexibility index (Phi) is 3.55. The number of nitrogens with one attached hydrogen (secondary N) is 1. The van der Waals surface area contributed by atoms with Crippen LogP contribution in [0, 0.1) is 12.7 Å². The van der Waals surface area contributed by atoms with Crippen molar-refractivity contribution in [2.75, 3.05) is 12.4 Å². The topological polar surface area (TPSA) is 37.8 Å². The Morgan fingerprint density at radius 3 is 2.67 bits per heavy atom. The van der Waals surface area contributed by atoms with Gasteiger partial charge in [-0.1, -0.05) is 6.92 Å². The quantitative estimate of drug-likeness (QED) is 0.902. The third-order valence-electron chi connectivity index (χ3n) is 2.97. The van der Waals surface area contributed by atoms with Gasteiger partial charge in [0.2, 0.25) is 0 Å². The third kappa shape index (κ3) is 2.18. The summed E-state index contributed by atoms with van der Waals surface area (Å²) in [4.78, 5) is 8.52. The van der Waals surface area contributed by atoms with Crippen LogP contribution in [-0.2, 0) is 6.42 Å². The number of aryl methyl sites for hydroxylation is 1. The third-order valence-corrected chi connectivity index (χ3v) is 2.97. The fourth-order valence-corrected chi connectivity index (χ4v) is 2.00. The molecule has 1 aromatic heterocycles. The molecule has 0 spiro atoms. The molecule has 1 heterocycles. The number of hydrogen-bond acceptors (Lipinski definition) is 3. The van der Waals surface area contributed by atoms with E-state index in [1.165, 1.54) is 12.4 Å². The molecule has 2 rings (SSSR count). The second-order valence-electron chi connectivity index (χ2n) is 4.12. The lowest BCUT2D eigenvalue weighted by atomic mass is 10.0. The normalized spacial score (nSPS) is 10.4. The van der Waals surface area contributed by atoms with Crippen LogP contribution in [0.2, 0.25) is 0 Å². The number of hydrogen-bond donors (Lipinski definition) is 1. The number of nitrogens with zero attached hydrogens (tertiary/aromatic N) is 2. The maximum absolute atomic E-state index is 13.3. The van der Waals surface area contributed by atoms with Crippen molar-refractivity contribution in [2.24, 2.45) is 0 Å². The van der Waals surface area contributed by atoms with Crippen LogP contribution >= 0.6 is 0 Å². The van der Waals surface area contributed by atoms with Crippen LogP contribution in [-0.4, -0.2) is 17.0 Å². The molecule has 3 nitrogen and oxygen atoms in total. The van der Waals surface area contributed by atoms with Gasteiger partial charge < -0.3 is 5.32 Å². The summed E-state index contributed by atoms with van der Waals surface area (Å²) in [6.45, 7) is 3.81. The van der Waals surface area contributed by atoms with Crippen LogP contribution in [0.1, 0.15) is 18.1 Å². The molecule has 0 amide bonds. The summed E-state index contributed by atoms with van der Waals surface area (Å²) in [7, 11) is 1.83. The van der Waals surface area contributed by atoms with Crippen molar-refractivity contribution >= 4 is 5.82 Å². The number of halogens is 1. The van der Waals surface area contributed by atoms with Crippen LogP contribution in [0.15, 0.2) is 24.5 Å². The first-order valence-electron chi connectivity index (χ1n) is 5.95. The standard InChI is InChI=1S/C14H16FN3/c1-4-11-13(17-8-18-14(11)16-3)10-5-6-12(15)9(2)7-10/h5-8H,4H2,1-3H3,(H,16,17,18). The molecule has 4 heteroatoms. The monoisotopic (exact) mass is 245 g/mol.